The first-order valence-corrected chi connectivity index (χ1v) is 7.47. The summed E-state index contributed by atoms with van der Waals surface area (Å²) in [6.07, 6.45) is 1.26. The number of nitrogens with two attached hydrogens (primary N) is 1. The van der Waals surface area contributed by atoms with Gasteiger partial charge in [0.2, 0.25) is 5.91 Å². The Labute approximate surface area is 126 Å². The zero-order valence-electron chi connectivity index (χ0n) is 10.7. The number of anilines is 2. The molecule has 3 rings (SSSR count). The van der Waals surface area contributed by atoms with E-state index >= 15 is 0 Å². The third-order valence-electron chi connectivity index (χ3n) is 3.16. The second-order valence-electron chi connectivity index (χ2n) is 4.65. The van der Waals surface area contributed by atoms with Gasteiger partial charge < -0.3 is 11.1 Å². The Bertz CT molecular complexity index is 688. The van der Waals surface area contributed by atoms with Gasteiger partial charge in [-0.05, 0) is 42.3 Å². The highest BCUT2D eigenvalue weighted by Crippen LogP contribution is 2.37. The molecule has 0 bridgehead atoms. The third kappa shape index (κ3) is 2.76. The number of rotatable bonds is 2. The van der Waals surface area contributed by atoms with Gasteiger partial charge in [-0.2, -0.15) is 0 Å². The fourth-order valence-corrected chi connectivity index (χ4v) is 3.37. The van der Waals surface area contributed by atoms with E-state index in [1.54, 1.807) is 11.8 Å². The van der Waals surface area contributed by atoms with Crippen LogP contribution in [0.2, 0.25) is 5.02 Å². The van der Waals surface area contributed by atoms with Crippen LogP contribution in [0.25, 0.3) is 0 Å². The lowest BCUT2D eigenvalue weighted by atomic mass is 10.0. The number of aryl methyl sites for hydroxylation is 1. The van der Waals surface area contributed by atoms with Crippen LogP contribution in [-0.2, 0) is 11.2 Å². The van der Waals surface area contributed by atoms with Crippen molar-refractivity contribution < 1.29 is 4.79 Å². The largest absolute Gasteiger partial charge is 0.398 e. The Kier molecular flexibility index (Phi) is 3.59. The van der Waals surface area contributed by atoms with E-state index in [1.165, 1.54) is 0 Å². The van der Waals surface area contributed by atoms with Crippen LogP contribution in [0.15, 0.2) is 46.2 Å². The number of hydrogen-bond acceptors (Lipinski definition) is 3. The number of carbonyl (C=O) groups excluding carboxylic acids is 1. The highest BCUT2D eigenvalue weighted by molar-refractivity contribution is 7.99. The molecule has 0 radical (unpaired) electrons. The molecule has 102 valence electrons. The molecule has 0 spiro atoms. The molecule has 1 aliphatic rings. The molecule has 0 aromatic heterocycles. The van der Waals surface area contributed by atoms with Gasteiger partial charge in [-0.25, -0.2) is 0 Å². The topological polar surface area (TPSA) is 55.1 Å². The van der Waals surface area contributed by atoms with Crippen LogP contribution in [0.5, 0.6) is 0 Å². The molecular formula is C15H13ClN2OS. The van der Waals surface area contributed by atoms with Crippen molar-refractivity contribution in [1.82, 2.24) is 0 Å². The zero-order chi connectivity index (χ0) is 14.1. The molecule has 0 saturated heterocycles. The number of benzene rings is 2. The number of carbonyl (C=O) groups is 1. The van der Waals surface area contributed by atoms with Gasteiger partial charge in [-0.1, -0.05) is 29.4 Å². The smallest absolute Gasteiger partial charge is 0.224 e. The first-order valence-electron chi connectivity index (χ1n) is 6.27. The molecule has 0 saturated carbocycles. The van der Waals surface area contributed by atoms with Gasteiger partial charge in [0, 0.05) is 32.6 Å². The summed E-state index contributed by atoms with van der Waals surface area (Å²) in [5.74, 6) is 0.0565. The van der Waals surface area contributed by atoms with Gasteiger partial charge in [-0.15, -0.1) is 0 Å². The van der Waals surface area contributed by atoms with Crippen molar-refractivity contribution in [1.29, 1.82) is 0 Å². The quantitative estimate of drug-likeness (QED) is 0.826. The molecule has 0 atom stereocenters. The molecule has 0 fully saturated rings. The Morgan fingerprint density at radius 2 is 2.05 bits per heavy atom. The summed E-state index contributed by atoms with van der Waals surface area (Å²) in [5, 5.41) is 3.59. The number of nitrogen functional groups attached to an aromatic ring is 1. The number of nitrogens with one attached hydrogen (secondary N) is 1. The van der Waals surface area contributed by atoms with Crippen molar-refractivity contribution >= 4 is 40.6 Å². The van der Waals surface area contributed by atoms with E-state index < -0.39 is 0 Å². The van der Waals surface area contributed by atoms with Crippen molar-refractivity contribution in [3.63, 3.8) is 0 Å². The van der Waals surface area contributed by atoms with Crippen molar-refractivity contribution in [3.05, 3.63) is 47.0 Å². The standard InChI is InChI=1S/C15H13ClN2OS/c16-10-2-1-3-11(7-10)20-14-8-13-9(6-12(14)17)4-5-15(19)18-13/h1-3,6-8H,4-5,17H2,(H,18,19). The number of hydrogen-bond donors (Lipinski definition) is 2. The highest BCUT2D eigenvalue weighted by atomic mass is 35.5. The number of amides is 1. The maximum Gasteiger partial charge on any atom is 0.224 e. The molecule has 0 aliphatic carbocycles. The highest BCUT2D eigenvalue weighted by Gasteiger charge is 2.17. The predicted octanol–water partition coefficient (Wildman–Crippen LogP) is 3.96. The van der Waals surface area contributed by atoms with Crippen LogP contribution in [-0.4, -0.2) is 5.91 Å². The lowest BCUT2D eigenvalue weighted by Crippen LogP contribution is -2.19. The lowest BCUT2D eigenvalue weighted by molar-refractivity contribution is -0.116. The molecule has 0 unspecified atom stereocenters. The van der Waals surface area contributed by atoms with Crippen LogP contribution in [0.3, 0.4) is 0 Å². The van der Waals surface area contributed by atoms with Gasteiger partial charge >= 0.3 is 0 Å². The molecule has 5 heteroatoms. The summed E-state index contributed by atoms with van der Waals surface area (Å²) >= 11 is 7.53. The summed E-state index contributed by atoms with van der Waals surface area (Å²) in [6, 6.07) is 11.5. The first kappa shape index (κ1) is 13.3. The van der Waals surface area contributed by atoms with Crippen molar-refractivity contribution in [2.45, 2.75) is 22.6 Å². The van der Waals surface area contributed by atoms with Crippen LogP contribution < -0.4 is 11.1 Å². The second-order valence-corrected chi connectivity index (χ2v) is 6.21. The van der Waals surface area contributed by atoms with E-state index in [4.69, 9.17) is 17.3 Å². The fraction of sp³-hybridized carbons (Fsp3) is 0.133. The van der Waals surface area contributed by atoms with Crippen molar-refractivity contribution in [2.24, 2.45) is 0 Å². The van der Waals surface area contributed by atoms with E-state index in [1.807, 2.05) is 36.4 Å². The number of halogens is 1. The van der Waals surface area contributed by atoms with Gasteiger partial charge in [-0.3, -0.25) is 4.79 Å². The average molecular weight is 305 g/mol. The van der Waals surface area contributed by atoms with Gasteiger partial charge in [0.15, 0.2) is 0 Å². The monoisotopic (exact) mass is 304 g/mol. The van der Waals surface area contributed by atoms with Crippen molar-refractivity contribution in [2.75, 3.05) is 11.1 Å². The molecule has 2 aromatic rings. The van der Waals surface area contributed by atoms with E-state index in [9.17, 15) is 4.79 Å². The summed E-state index contributed by atoms with van der Waals surface area (Å²) in [4.78, 5) is 13.4. The van der Waals surface area contributed by atoms with Crippen LogP contribution in [0.4, 0.5) is 11.4 Å². The maximum absolute atomic E-state index is 11.5. The predicted molar refractivity (Wildman–Crippen MR) is 83.4 cm³/mol. The Balaban J connectivity index is 1.94. The third-order valence-corrected chi connectivity index (χ3v) is 4.45. The molecular weight excluding hydrogens is 292 g/mol. The SMILES string of the molecule is Nc1cc2c(cc1Sc1cccc(Cl)c1)NC(=O)CC2. The average Bonchev–Trinajstić information content (AvgIpc) is 2.40. The molecule has 3 nitrogen and oxygen atoms in total. The van der Waals surface area contributed by atoms with E-state index in [0.717, 1.165) is 33.2 Å². The van der Waals surface area contributed by atoms with Crippen LogP contribution >= 0.6 is 23.4 Å². The fourth-order valence-electron chi connectivity index (χ4n) is 2.17. The first-order chi connectivity index (χ1) is 9.61. The minimum Gasteiger partial charge on any atom is -0.398 e. The van der Waals surface area contributed by atoms with Gasteiger partial charge in [0.1, 0.15) is 0 Å². The van der Waals surface area contributed by atoms with Crippen LogP contribution in [0, 0.1) is 0 Å². The Morgan fingerprint density at radius 3 is 2.85 bits per heavy atom. The summed E-state index contributed by atoms with van der Waals surface area (Å²) in [6.45, 7) is 0. The maximum atomic E-state index is 11.5. The normalized spacial score (nSPS) is 13.8. The summed E-state index contributed by atoms with van der Waals surface area (Å²) < 4.78 is 0. The van der Waals surface area contributed by atoms with E-state index in [0.29, 0.717) is 11.4 Å². The van der Waals surface area contributed by atoms with E-state index in [-0.39, 0.29) is 5.91 Å². The summed E-state index contributed by atoms with van der Waals surface area (Å²) in [7, 11) is 0. The molecule has 1 amide bonds. The minimum absolute atomic E-state index is 0.0565. The lowest BCUT2D eigenvalue weighted by Gasteiger charge is -2.19. The molecule has 2 aromatic carbocycles. The van der Waals surface area contributed by atoms with Gasteiger partial charge in [0.25, 0.3) is 0 Å². The summed E-state index contributed by atoms with van der Waals surface area (Å²) in [5.41, 5.74) is 8.78. The molecule has 1 heterocycles. The molecule has 20 heavy (non-hydrogen) atoms. The Morgan fingerprint density at radius 1 is 1.20 bits per heavy atom. The van der Waals surface area contributed by atoms with E-state index in [2.05, 4.69) is 5.32 Å². The van der Waals surface area contributed by atoms with Crippen LogP contribution in [0.1, 0.15) is 12.0 Å². The Hall–Kier alpha value is -1.65. The zero-order valence-corrected chi connectivity index (χ0v) is 12.2. The van der Waals surface area contributed by atoms with Crippen molar-refractivity contribution in [3.8, 4) is 0 Å². The molecule has 1 aliphatic heterocycles. The molecule has 3 N–H and O–H groups in total. The minimum atomic E-state index is 0.0565. The second kappa shape index (κ2) is 5.38. The van der Waals surface area contributed by atoms with Gasteiger partial charge in [0.05, 0.1) is 0 Å². The number of fused-ring (bicyclic) bond motifs is 1.